The Bertz CT molecular complexity index is 629. The molecule has 25 heavy (non-hydrogen) atoms. The zero-order chi connectivity index (χ0) is 17.6. The lowest BCUT2D eigenvalue weighted by Gasteiger charge is -2.24. The van der Waals surface area contributed by atoms with E-state index in [1.807, 2.05) is 18.2 Å². The van der Waals surface area contributed by atoms with Gasteiger partial charge in [-0.2, -0.15) is 0 Å². The van der Waals surface area contributed by atoms with Gasteiger partial charge in [-0.05, 0) is 37.5 Å². The maximum Gasteiger partial charge on any atom is 0.315 e. The monoisotopic (exact) mass is 347 g/mol. The van der Waals surface area contributed by atoms with E-state index in [2.05, 4.69) is 16.0 Å². The number of hydrogen-bond acceptors (Lipinski definition) is 4. The molecule has 1 aromatic carbocycles. The van der Waals surface area contributed by atoms with E-state index >= 15 is 0 Å². The van der Waals surface area contributed by atoms with Crippen molar-refractivity contribution < 1.29 is 19.1 Å². The number of carbonyl (C=O) groups excluding carboxylic acids is 2. The summed E-state index contributed by atoms with van der Waals surface area (Å²) < 4.78 is 10.6. The van der Waals surface area contributed by atoms with Crippen LogP contribution in [-0.4, -0.2) is 30.8 Å². The Morgan fingerprint density at radius 2 is 1.92 bits per heavy atom. The summed E-state index contributed by atoms with van der Waals surface area (Å²) in [5.41, 5.74) is 0.913. The van der Waals surface area contributed by atoms with Crippen molar-refractivity contribution in [3.8, 4) is 11.5 Å². The van der Waals surface area contributed by atoms with Crippen molar-refractivity contribution in [3.05, 3.63) is 23.8 Å². The summed E-state index contributed by atoms with van der Waals surface area (Å²) >= 11 is 0. The first-order valence-corrected chi connectivity index (χ1v) is 8.85. The lowest BCUT2D eigenvalue weighted by Crippen LogP contribution is -2.50. The minimum atomic E-state index is -0.599. The van der Waals surface area contributed by atoms with Gasteiger partial charge in [-0.25, -0.2) is 4.79 Å². The number of ether oxygens (including phenoxy) is 2. The molecule has 1 aliphatic heterocycles. The van der Waals surface area contributed by atoms with Gasteiger partial charge in [0.15, 0.2) is 11.5 Å². The standard InChI is InChI=1S/C18H25N3O4/c1-12(20-18(23)21-14-5-3-2-4-6-14)17(22)19-10-13-7-8-15-16(9-13)25-11-24-15/h7-9,12,14H,2-6,10-11H2,1H3,(H,19,22)(H2,20,21,23)/t12-/m0/s1. The molecule has 1 aliphatic carbocycles. The minimum absolute atomic E-state index is 0.220. The van der Waals surface area contributed by atoms with E-state index < -0.39 is 6.04 Å². The molecule has 1 heterocycles. The van der Waals surface area contributed by atoms with Crippen molar-refractivity contribution in [3.63, 3.8) is 0 Å². The normalized spacial score (nSPS) is 17.6. The summed E-state index contributed by atoms with van der Waals surface area (Å²) in [5.74, 6) is 1.17. The van der Waals surface area contributed by atoms with Crippen molar-refractivity contribution >= 4 is 11.9 Å². The lowest BCUT2D eigenvalue weighted by atomic mass is 9.96. The maximum absolute atomic E-state index is 12.2. The average molecular weight is 347 g/mol. The number of hydrogen-bond donors (Lipinski definition) is 3. The Morgan fingerprint density at radius 1 is 1.16 bits per heavy atom. The molecule has 1 saturated carbocycles. The summed E-state index contributed by atoms with van der Waals surface area (Å²) in [7, 11) is 0. The third-order valence-electron chi connectivity index (χ3n) is 4.58. The Morgan fingerprint density at radius 3 is 2.72 bits per heavy atom. The van der Waals surface area contributed by atoms with Gasteiger partial charge in [-0.15, -0.1) is 0 Å². The topological polar surface area (TPSA) is 88.7 Å². The number of rotatable bonds is 5. The molecule has 3 N–H and O–H groups in total. The highest BCUT2D eigenvalue weighted by molar-refractivity contribution is 5.86. The molecule has 3 amide bonds. The fourth-order valence-electron chi connectivity index (χ4n) is 3.13. The lowest BCUT2D eigenvalue weighted by molar-refractivity contribution is -0.122. The largest absolute Gasteiger partial charge is 0.454 e. The highest BCUT2D eigenvalue weighted by Crippen LogP contribution is 2.32. The Labute approximate surface area is 147 Å². The van der Waals surface area contributed by atoms with Gasteiger partial charge >= 0.3 is 6.03 Å². The first-order valence-electron chi connectivity index (χ1n) is 8.85. The Balaban J connectivity index is 1.42. The van der Waals surface area contributed by atoms with Crippen LogP contribution in [0.3, 0.4) is 0 Å². The van der Waals surface area contributed by atoms with Gasteiger partial charge in [0.1, 0.15) is 6.04 Å². The fourth-order valence-corrected chi connectivity index (χ4v) is 3.13. The van der Waals surface area contributed by atoms with Crippen LogP contribution >= 0.6 is 0 Å². The van der Waals surface area contributed by atoms with Crippen molar-refractivity contribution in [2.45, 2.75) is 57.7 Å². The van der Waals surface area contributed by atoms with Crippen molar-refractivity contribution in [1.82, 2.24) is 16.0 Å². The Hall–Kier alpha value is -2.44. The first kappa shape index (κ1) is 17.4. The SMILES string of the molecule is C[C@H](NC(=O)NC1CCCCC1)C(=O)NCc1ccc2c(c1)OCO2. The minimum Gasteiger partial charge on any atom is -0.454 e. The number of carbonyl (C=O) groups is 2. The zero-order valence-electron chi connectivity index (χ0n) is 14.5. The van der Waals surface area contributed by atoms with Gasteiger partial charge in [0, 0.05) is 12.6 Å². The number of nitrogens with one attached hydrogen (secondary N) is 3. The summed E-state index contributed by atoms with van der Waals surface area (Å²) in [6, 6.07) is 4.88. The van der Waals surface area contributed by atoms with Crippen LogP contribution in [0.4, 0.5) is 4.79 Å². The number of benzene rings is 1. The van der Waals surface area contributed by atoms with Crippen molar-refractivity contribution in [1.29, 1.82) is 0 Å². The molecule has 0 saturated heterocycles. The predicted molar refractivity (Wildman–Crippen MR) is 92.4 cm³/mol. The van der Waals surface area contributed by atoms with Gasteiger partial charge < -0.3 is 25.4 Å². The van der Waals surface area contributed by atoms with Gasteiger partial charge in [-0.1, -0.05) is 25.3 Å². The summed E-state index contributed by atoms with van der Waals surface area (Å²) in [6.07, 6.45) is 5.56. The van der Waals surface area contributed by atoms with Crippen molar-refractivity contribution in [2.75, 3.05) is 6.79 Å². The predicted octanol–water partition coefficient (Wildman–Crippen LogP) is 2.05. The molecule has 3 rings (SSSR count). The second kappa shape index (κ2) is 8.09. The third-order valence-corrected chi connectivity index (χ3v) is 4.58. The van der Waals surface area contributed by atoms with Gasteiger partial charge in [-0.3, -0.25) is 4.79 Å². The molecule has 136 valence electrons. The maximum atomic E-state index is 12.2. The van der Waals surface area contributed by atoms with Gasteiger partial charge in [0.25, 0.3) is 0 Å². The van der Waals surface area contributed by atoms with Crippen molar-refractivity contribution in [2.24, 2.45) is 0 Å². The molecule has 7 heteroatoms. The molecule has 2 aliphatic rings. The van der Waals surface area contributed by atoms with Crippen LogP contribution in [0, 0.1) is 0 Å². The molecule has 7 nitrogen and oxygen atoms in total. The third kappa shape index (κ3) is 4.78. The molecule has 1 atom stereocenters. The van der Waals surface area contributed by atoms with E-state index in [1.54, 1.807) is 6.92 Å². The van der Waals surface area contributed by atoms with E-state index in [0.29, 0.717) is 18.0 Å². The van der Waals surface area contributed by atoms with E-state index in [9.17, 15) is 9.59 Å². The quantitative estimate of drug-likeness (QED) is 0.761. The second-order valence-electron chi connectivity index (χ2n) is 6.58. The summed E-state index contributed by atoms with van der Waals surface area (Å²) in [5, 5.41) is 8.47. The smallest absolute Gasteiger partial charge is 0.315 e. The number of amides is 3. The van der Waals surface area contributed by atoms with E-state index in [0.717, 1.165) is 31.2 Å². The van der Waals surface area contributed by atoms with Gasteiger partial charge in [0.2, 0.25) is 12.7 Å². The highest BCUT2D eigenvalue weighted by Gasteiger charge is 2.20. The molecule has 0 radical (unpaired) electrons. The molecule has 0 aromatic heterocycles. The molecular formula is C18H25N3O4. The van der Waals surface area contributed by atoms with Crippen LogP contribution < -0.4 is 25.4 Å². The molecule has 0 bridgehead atoms. The van der Waals surface area contributed by atoms with E-state index in [1.165, 1.54) is 6.42 Å². The highest BCUT2D eigenvalue weighted by atomic mass is 16.7. The Kier molecular flexibility index (Phi) is 5.63. The number of fused-ring (bicyclic) bond motifs is 1. The first-order chi connectivity index (χ1) is 12.1. The van der Waals surface area contributed by atoms with Crippen LogP contribution in [0.2, 0.25) is 0 Å². The molecule has 0 unspecified atom stereocenters. The average Bonchev–Trinajstić information content (AvgIpc) is 3.08. The molecule has 1 aromatic rings. The van der Waals surface area contributed by atoms with E-state index in [4.69, 9.17) is 9.47 Å². The second-order valence-corrected chi connectivity index (χ2v) is 6.58. The molecule has 1 fully saturated rings. The summed E-state index contributed by atoms with van der Waals surface area (Å²) in [6.45, 7) is 2.27. The molecular weight excluding hydrogens is 322 g/mol. The van der Waals surface area contributed by atoms with Crippen LogP contribution in [-0.2, 0) is 11.3 Å². The van der Waals surface area contributed by atoms with E-state index in [-0.39, 0.29) is 24.8 Å². The van der Waals surface area contributed by atoms with Crippen LogP contribution in [0.15, 0.2) is 18.2 Å². The fraction of sp³-hybridized carbons (Fsp3) is 0.556. The van der Waals surface area contributed by atoms with Crippen LogP contribution in [0.25, 0.3) is 0 Å². The van der Waals surface area contributed by atoms with Crippen LogP contribution in [0.5, 0.6) is 11.5 Å². The van der Waals surface area contributed by atoms with Crippen LogP contribution in [0.1, 0.15) is 44.6 Å². The molecule has 0 spiro atoms. The number of urea groups is 1. The van der Waals surface area contributed by atoms with Gasteiger partial charge in [0.05, 0.1) is 0 Å². The zero-order valence-corrected chi connectivity index (χ0v) is 14.5. The summed E-state index contributed by atoms with van der Waals surface area (Å²) in [4.78, 5) is 24.2.